The van der Waals surface area contributed by atoms with E-state index in [1.54, 1.807) is 23.5 Å². The van der Waals surface area contributed by atoms with Crippen LogP contribution in [0.5, 0.6) is 0 Å². The Bertz CT molecular complexity index is 1470. The summed E-state index contributed by atoms with van der Waals surface area (Å²) in [6, 6.07) is 17.6. The number of hydrogen-bond acceptors (Lipinski definition) is 6. The Morgan fingerprint density at radius 3 is 2.57 bits per heavy atom. The van der Waals surface area contributed by atoms with Crippen molar-refractivity contribution in [3.63, 3.8) is 0 Å². The fourth-order valence-corrected chi connectivity index (χ4v) is 4.86. The monoisotopic (exact) mass is 483 g/mol. The molecule has 5 rings (SSSR count). The molecule has 174 valence electrons. The van der Waals surface area contributed by atoms with Gasteiger partial charge >= 0.3 is 5.97 Å². The number of rotatable bonds is 6. The highest BCUT2D eigenvalue weighted by atomic mass is 32.1. The van der Waals surface area contributed by atoms with Gasteiger partial charge in [0.25, 0.3) is 5.91 Å². The number of esters is 1. The number of aromatic nitrogens is 1. The molecule has 0 saturated heterocycles. The SMILES string of the molecule is NC(=O)c1ccc(NC(=O)COC(=O)c2c3c(nc4ccccc24)/C(=C\c2cccs2)CC3)cc1. The van der Waals surface area contributed by atoms with Crippen LogP contribution in [-0.2, 0) is 16.0 Å². The zero-order chi connectivity index (χ0) is 24.4. The van der Waals surface area contributed by atoms with Gasteiger partial charge in [-0.2, -0.15) is 0 Å². The molecule has 3 N–H and O–H groups in total. The van der Waals surface area contributed by atoms with Gasteiger partial charge in [0, 0.05) is 21.5 Å². The molecule has 2 aromatic carbocycles. The number of pyridine rings is 1. The first-order chi connectivity index (χ1) is 17.0. The van der Waals surface area contributed by atoms with Crippen LogP contribution < -0.4 is 11.1 Å². The van der Waals surface area contributed by atoms with E-state index in [9.17, 15) is 14.4 Å². The second-order valence-corrected chi connectivity index (χ2v) is 9.06. The summed E-state index contributed by atoms with van der Waals surface area (Å²) in [4.78, 5) is 42.8. The summed E-state index contributed by atoms with van der Waals surface area (Å²) < 4.78 is 5.43. The summed E-state index contributed by atoms with van der Waals surface area (Å²) in [6.07, 6.45) is 3.57. The van der Waals surface area contributed by atoms with Gasteiger partial charge in [0.1, 0.15) is 0 Å². The molecule has 8 heteroatoms. The minimum absolute atomic E-state index is 0.334. The van der Waals surface area contributed by atoms with Gasteiger partial charge in [0.05, 0.1) is 16.8 Å². The van der Waals surface area contributed by atoms with Crippen LogP contribution in [0.15, 0.2) is 66.0 Å². The molecule has 0 aliphatic heterocycles. The van der Waals surface area contributed by atoms with E-state index in [4.69, 9.17) is 15.5 Å². The van der Waals surface area contributed by atoms with E-state index >= 15 is 0 Å². The molecule has 2 heterocycles. The summed E-state index contributed by atoms with van der Waals surface area (Å²) in [5, 5.41) is 5.38. The predicted molar refractivity (Wildman–Crippen MR) is 136 cm³/mol. The average molecular weight is 484 g/mol. The van der Waals surface area contributed by atoms with E-state index in [1.807, 2.05) is 41.8 Å². The molecule has 7 nitrogen and oxygen atoms in total. The Hall–Kier alpha value is -4.30. The van der Waals surface area contributed by atoms with Gasteiger partial charge < -0.3 is 15.8 Å². The number of fused-ring (bicyclic) bond motifs is 2. The van der Waals surface area contributed by atoms with Gasteiger partial charge in [-0.3, -0.25) is 9.59 Å². The first-order valence-electron chi connectivity index (χ1n) is 11.0. The van der Waals surface area contributed by atoms with E-state index in [-0.39, 0.29) is 0 Å². The highest BCUT2D eigenvalue weighted by Gasteiger charge is 2.28. The minimum Gasteiger partial charge on any atom is -0.452 e. The second-order valence-electron chi connectivity index (χ2n) is 8.08. The number of benzene rings is 2. The lowest BCUT2D eigenvalue weighted by atomic mass is 10.0. The number of amides is 2. The van der Waals surface area contributed by atoms with Gasteiger partial charge in [0.2, 0.25) is 5.91 Å². The summed E-state index contributed by atoms with van der Waals surface area (Å²) >= 11 is 1.65. The number of nitrogens with zero attached hydrogens (tertiary/aromatic N) is 1. The van der Waals surface area contributed by atoms with E-state index in [2.05, 4.69) is 11.4 Å². The number of anilines is 1. The number of carbonyl (C=O) groups excluding carboxylic acids is 3. The first-order valence-corrected chi connectivity index (χ1v) is 11.9. The van der Waals surface area contributed by atoms with Crippen molar-refractivity contribution >= 4 is 57.4 Å². The maximum absolute atomic E-state index is 13.2. The Morgan fingerprint density at radius 1 is 1.03 bits per heavy atom. The number of allylic oxidation sites excluding steroid dienone is 1. The quantitative estimate of drug-likeness (QED) is 0.387. The lowest BCUT2D eigenvalue weighted by Gasteiger charge is -2.12. The van der Waals surface area contributed by atoms with Gasteiger partial charge in [-0.1, -0.05) is 24.3 Å². The lowest BCUT2D eigenvalue weighted by Crippen LogP contribution is -2.22. The first kappa shape index (κ1) is 22.5. The third-order valence-corrected chi connectivity index (χ3v) is 6.61. The molecule has 0 fully saturated rings. The highest BCUT2D eigenvalue weighted by Crippen LogP contribution is 2.38. The van der Waals surface area contributed by atoms with Crippen LogP contribution in [0.4, 0.5) is 5.69 Å². The number of para-hydroxylation sites is 1. The molecule has 2 amide bonds. The molecule has 1 aliphatic carbocycles. The molecule has 4 aromatic rings. The van der Waals surface area contributed by atoms with E-state index in [1.165, 1.54) is 12.1 Å². The van der Waals surface area contributed by atoms with Gasteiger partial charge in [-0.15, -0.1) is 11.3 Å². The molecule has 0 saturated carbocycles. The van der Waals surface area contributed by atoms with Crippen molar-refractivity contribution in [3.05, 3.63) is 93.3 Å². The normalized spacial score (nSPS) is 13.5. The number of ether oxygens (including phenoxy) is 1. The van der Waals surface area contributed by atoms with Crippen molar-refractivity contribution in [1.29, 1.82) is 0 Å². The van der Waals surface area contributed by atoms with Crippen molar-refractivity contribution in [3.8, 4) is 0 Å². The van der Waals surface area contributed by atoms with E-state index in [0.29, 0.717) is 34.1 Å². The summed E-state index contributed by atoms with van der Waals surface area (Å²) in [7, 11) is 0. The molecule has 0 spiro atoms. The smallest absolute Gasteiger partial charge is 0.339 e. The average Bonchev–Trinajstić information content (AvgIpc) is 3.52. The number of primary amides is 1. The topological polar surface area (TPSA) is 111 Å². The summed E-state index contributed by atoms with van der Waals surface area (Å²) in [5.41, 5.74) is 9.93. The van der Waals surface area contributed by atoms with Crippen molar-refractivity contribution in [2.75, 3.05) is 11.9 Å². The Morgan fingerprint density at radius 2 is 1.83 bits per heavy atom. The molecule has 0 bridgehead atoms. The number of hydrogen-bond donors (Lipinski definition) is 2. The number of thiophene rings is 1. The maximum Gasteiger partial charge on any atom is 0.339 e. The summed E-state index contributed by atoms with van der Waals surface area (Å²) in [6.45, 7) is -0.445. The molecule has 0 radical (unpaired) electrons. The molecule has 0 unspecified atom stereocenters. The predicted octanol–water partition coefficient (Wildman–Crippen LogP) is 4.68. The largest absolute Gasteiger partial charge is 0.452 e. The van der Waals surface area contributed by atoms with Crippen LogP contribution in [-0.4, -0.2) is 29.4 Å². The fourth-order valence-electron chi connectivity index (χ4n) is 4.18. The Balaban J connectivity index is 1.38. The fraction of sp³-hybridized carbons (Fsp3) is 0.111. The van der Waals surface area contributed by atoms with E-state index < -0.39 is 24.4 Å². The Labute approximate surface area is 205 Å². The van der Waals surface area contributed by atoms with E-state index in [0.717, 1.165) is 28.1 Å². The number of nitrogens with one attached hydrogen (secondary N) is 1. The molecule has 0 atom stereocenters. The lowest BCUT2D eigenvalue weighted by molar-refractivity contribution is -0.119. The maximum atomic E-state index is 13.2. The zero-order valence-electron chi connectivity index (χ0n) is 18.6. The van der Waals surface area contributed by atoms with Gasteiger partial charge in [-0.05, 0) is 71.8 Å². The third-order valence-electron chi connectivity index (χ3n) is 5.79. The molecular weight excluding hydrogens is 462 g/mol. The molecule has 2 aromatic heterocycles. The van der Waals surface area contributed by atoms with Crippen molar-refractivity contribution < 1.29 is 19.1 Å². The van der Waals surface area contributed by atoms with Crippen LogP contribution in [0.3, 0.4) is 0 Å². The van der Waals surface area contributed by atoms with Crippen LogP contribution in [0.25, 0.3) is 22.6 Å². The zero-order valence-corrected chi connectivity index (χ0v) is 19.4. The van der Waals surface area contributed by atoms with Crippen molar-refractivity contribution in [2.24, 2.45) is 5.73 Å². The third kappa shape index (κ3) is 4.69. The molecular formula is C27H21N3O4S. The Kier molecular flexibility index (Phi) is 6.12. The summed E-state index contributed by atoms with van der Waals surface area (Å²) in [5.74, 6) is -1.60. The number of carbonyl (C=O) groups is 3. The standard InChI is InChI=1S/C27H21N3O4S/c28-26(32)16-7-10-18(11-8-16)29-23(31)15-34-27(33)24-20-5-1-2-6-22(20)30-25-17(9-12-21(24)25)14-19-4-3-13-35-19/h1-8,10-11,13-14H,9,12,15H2,(H2,28,32)(H,29,31)/b17-14-. The molecule has 1 aliphatic rings. The van der Waals surface area contributed by atoms with Crippen LogP contribution in [0, 0.1) is 0 Å². The van der Waals surface area contributed by atoms with Crippen LogP contribution >= 0.6 is 11.3 Å². The van der Waals surface area contributed by atoms with Crippen molar-refractivity contribution in [1.82, 2.24) is 4.98 Å². The van der Waals surface area contributed by atoms with Gasteiger partial charge in [0.15, 0.2) is 6.61 Å². The minimum atomic E-state index is -0.559. The van der Waals surface area contributed by atoms with Gasteiger partial charge in [-0.25, -0.2) is 9.78 Å². The van der Waals surface area contributed by atoms with Crippen LogP contribution in [0.2, 0.25) is 0 Å². The second kappa shape index (κ2) is 9.52. The van der Waals surface area contributed by atoms with Crippen LogP contribution in [0.1, 0.15) is 43.3 Å². The number of nitrogens with two attached hydrogens (primary N) is 1. The molecule has 35 heavy (non-hydrogen) atoms. The highest BCUT2D eigenvalue weighted by molar-refractivity contribution is 7.10. The van der Waals surface area contributed by atoms with Crippen molar-refractivity contribution in [2.45, 2.75) is 12.8 Å².